The summed E-state index contributed by atoms with van der Waals surface area (Å²) < 4.78 is 28.5. The van der Waals surface area contributed by atoms with E-state index in [1.807, 2.05) is 0 Å². The summed E-state index contributed by atoms with van der Waals surface area (Å²) in [6.07, 6.45) is 0.180. The molecule has 5 nitrogen and oxygen atoms in total. The first-order valence-corrected chi connectivity index (χ1v) is 5.53. The van der Waals surface area contributed by atoms with Gasteiger partial charge < -0.3 is 15.2 Å². The molecule has 1 atom stereocenters. The fourth-order valence-corrected chi connectivity index (χ4v) is 1.43. The monoisotopic (exact) mass is 273 g/mol. The second-order valence-electron chi connectivity index (χ2n) is 3.65. The average molecular weight is 273 g/mol. The summed E-state index contributed by atoms with van der Waals surface area (Å²) in [5.41, 5.74) is -0.137. The van der Waals surface area contributed by atoms with Crippen LogP contribution in [-0.4, -0.2) is 29.6 Å². The van der Waals surface area contributed by atoms with E-state index in [-0.39, 0.29) is 17.7 Å². The summed E-state index contributed by atoms with van der Waals surface area (Å²) in [7, 11) is 0. The Labute approximate surface area is 108 Å². The molecular weight excluding hydrogens is 260 g/mol. The third-order valence-corrected chi connectivity index (χ3v) is 2.36. The summed E-state index contributed by atoms with van der Waals surface area (Å²) in [6, 6.07) is 4.31. The normalized spacial score (nSPS) is 12.0. The summed E-state index contributed by atoms with van der Waals surface area (Å²) in [5, 5.41) is 11.1. The van der Waals surface area contributed by atoms with Crippen LogP contribution in [0.2, 0.25) is 0 Å². The van der Waals surface area contributed by atoms with Crippen molar-refractivity contribution in [1.82, 2.24) is 5.32 Å². The Hall–Kier alpha value is -2.18. The van der Waals surface area contributed by atoms with Gasteiger partial charge in [-0.15, -0.1) is 0 Å². The van der Waals surface area contributed by atoms with Crippen LogP contribution in [0.1, 0.15) is 23.7 Å². The molecule has 0 spiro atoms. The number of aliphatic carboxylic acids is 1. The van der Waals surface area contributed by atoms with Gasteiger partial charge in [-0.2, -0.15) is 8.78 Å². The number of ether oxygens (including phenoxy) is 1. The number of halogens is 2. The number of para-hydroxylation sites is 1. The molecular formula is C12H13F2NO4. The number of rotatable bonds is 6. The van der Waals surface area contributed by atoms with Crippen molar-refractivity contribution in [2.45, 2.75) is 26.0 Å². The molecule has 0 aliphatic heterocycles. The maximum atomic E-state index is 12.2. The van der Waals surface area contributed by atoms with Crippen LogP contribution in [0.15, 0.2) is 24.3 Å². The molecule has 0 bridgehead atoms. The van der Waals surface area contributed by atoms with Gasteiger partial charge in [-0.3, -0.25) is 4.79 Å². The zero-order valence-electron chi connectivity index (χ0n) is 10.1. The molecule has 19 heavy (non-hydrogen) atoms. The van der Waals surface area contributed by atoms with Gasteiger partial charge in [0.2, 0.25) is 0 Å². The van der Waals surface area contributed by atoms with E-state index in [2.05, 4.69) is 10.1 Å². The van der Waals surface area contributed by atoms with E-state index in [0.717, 1.165) is 0 Å². The highest BCUT2D eigenvalue weighted by Crippen LogP contribution is 2.20. The van der Waals surface area contributed by atoms with E-state index < -0.39 is 24.5 Å². The Balaban J connectivity index is 2.90. The number of carboxylic acid groups (broad SMARTS) is 1. The van der Waals surface area contributed by atoms with Crippen LogP contribution in [0.25, 0.3) is 0 Å². The van der Waals surface area contributed by atoms with Crippen LogP contribution in [0.4, 0.5) is 8.78 Å². The molecule has 1 aromatic rings. The lowest BCUT2D eigenvalue weighted by Crippen LogP contribution is -2.40. The maximum Gasteiger partial charge on any atom is 0.387 e. The lowest BCUT2D eigenvalue weighted by atomic mass is 10.1. The van der Waals surface area contributed by atoms with Crippen molar-refractivity contribution in [3.63, 3.8) is 0 Å². The van der Waals surface area contributed by atoms with E-state index >= 15 is 0 Å². The van der Waals surface area contributed by atoms with Crippen molar-refractivity contribution in [3.05, 3.63) is 29.8 Å². The van der Waals surface area contributed by atoms with Gasteiger partial charge in [0.25, 0.3) is 5.91 Å². The maximum absolute atomic E-state index is 12.2. The highest BCUT2D eigenvalue weighted by Gasteiger charge is 2.21. The SMILES string of the molecule is CCC(NC(=O)c1ccccc1OC(F)F)C(=O)O. The van der Waals surface area contributed by atoms with Gasteiger partial charge in [0.05, 0.1) is 5.56 Å². The number of carbonyl (C=O) groups excluding carboxylic acids is 1. The zero-order chi connectivity index (χ0) is 14.4. The highest BCUT2D eigenvalue weighted by atomic mass is 19.3. The molecule has 0 fully saturated rings. The summed E-state index contributed by atoms with van der Waals surface area (Å²) in [5.74, 6) is -2.26. The fourth-order valence-electron chi connectivity index (χ4n) is 1.43. The van der Waals surface area contributed by atoms with Crippen LogP contribution >= 0.6 is 0 Å². The Kier molecular flexibility index (Phi) is 5.23. The molecule has 0 aromatic heterocycles. The van der Waals surface area contributed by atoms with Crippen LogP contribution in [0.3, 0.4) is 0 Å². The Bertz CT molecular complexity index is 465. The molecule has 0 heterocycles. The van der Waals surface area contributed by atoms with Crippen LogP contribution in [-0.2, 0) is 4.79 Å². The Morgan fingerprint density at radius 2 is 2.00 bits per heavy atom. The Morgan fingerprint density at radius 1 is 1.37 bits per heavy atom. The molecule has 1 aromatic carbocycles. The number of carbonyl (C=O) groups is 2. The van der Waals surface area contributed by atoms with E-state index in [4.69, 9.17) is 5.11 Å². The minimum absolute atomic E-state index is 0.137. The molecule has 0 radical (unpaired) electrons. The topological polar surface area (TPSA) is 75.6 Å². The van der Waals surface area contributed by atoms with Crippen molar-refractivity contribution in [3.8, 4) is 5.75 Å². The zero-order valence-corrected chi connectivity index (χ0v) is 10.1. The van der Waals surface area contributed by atoms with Crippen LogP contribution in [0, 0.1) is 0 Å². The van der Waals surface area contributed by atoms with E-state index in [1.165, 1.54) is 24.3 Å². The number of amides is 1. The molecule has 0 saturated heterocycles. The van der Waals surface area contributed by atoms with Crippen molar-refractivity contribution in [2.24, 2.45) is 0 Å². The molecule has 2 N–H and O–H groups in total. The fraction of sp³-hybridized carbons (Fsp3) is 0.333. The smallest absolute Gasteiger partial charge is 0.387 e. The van der Waals surface area contributed by atoms with Gasteiger partial charge >= 0.3 is 12.6 Å². The standard InChI is InChI=1S/C12H13F2NO4/c1-2-8(11(17)18)15-10(16)7-5-3-4-6-9(7)19-12(13)14/h3-6,8,12H,2H2,1H3,(H,15,16)(H,17,18). The molecule has 104 valence electrons. The minimum atomic E-state index is -3.06. The number of hydrogen-bond donors (Lipinski definition) is 2. The number of hydrogen-bond acceptors (Lipinski definition) is 3. The second-order valence-corrected chi connectivity index (χ2v) is 3.65. The number of benzene rings is 1. The summed E-state index contributed by atoms with van der Waals surface area (Å²) >= 11 is 0. The van der Waals surface area contributed by atoms with Crippen LogP contribution < -0.4 is 10.1 Å². The van der Waals surface area contributed by atoms with E-state index in [0.29, 0.717) is 0 Å². The largest absolute Gasteiger partial charge is 0.480 e. The summed E-state index contributed by atoms with van der Waals surface area (Å²) in [4.78, 5) is 22.6. The van der Waals surface area contributed by atoms with E-state index in [9.17, 15) is 18.4 Å². The van der Waals surface area contributed by atoms with Gasteiger partial charge in [0.1, 0.15) is 11.8 Å². The van der Waals surface area contributed by atoms with Crippen molar-refractivity contribution >= 4 is 11.9 Å². The quantitative estimate of drug-likeness (QED) is 0.829. The van der Waals surface area contributed by atoms with Crippen molar-refractivity contribution < 1.29 is 28.2 Å². The third kappa shape index (κ3) is 4.20. The van der Waals surface area contributed by atoms with Gasteiger partial charge in [-0.1, -0.05) is 19.1 Å². The predicted molar refractivity (Wildman–Crippen MR) is 62.3 cm³/mol. The van der Waals surface area contributed by atoms with Gasteiger partial charge in [0, 0.05) is 0 Å². The lowest BCUT2D eigenvalue weighted by Gasteiger charge is -2.14. The van der Waals surface area contributed by atoms with Crippen LogP contribution in [0.5, 0.6) is 5.75 Å². The molecule has 1 amide bonds. The molecule has 0 aliphatic rings. The molecule has 1 unspecified atom stereocenters. The minimum Gasteiger partial charge on any atom is -0.480 e. The van der Waals surface area contributed by atoms with Gasteiger partial charge in [-0.05, 0) is 18.6 Å². The molecule has 0 saturated carbocycles. The molecule has 0 aliphatic carbocycles. The van der Waals surface area contributed by atoms with Gasteiger partial charge in [-0.25, -0.2) is 4.79 Å². The first-order valence-electron chi connectivity index (χ1n) is 5.53. The predicted octanol–water partition coefficient (Wildman–Crippen LogP) is 1.88. The number of carboxylic acids is 1. The summed E-state index contributed by atoms with van der Waals surface area (Å²) in [6.45, 7) is -1.48. The molecule has 1 rings (SSSR count). The second kappa shape index (κ2) is 6.67. The first kappa shape index (κ1) is 14.9. The van der Waals surface area contributed by atoms with Crippen molar-refractivity contribution in [1.29, 1.82) is 0 Å². The highest BCUT2D eigenvalue weighted by molar-refractivity contribution is 5.98. The lowest BCUT2D eigenvalue weighted by molar-refractivity contribution is -0.139. The number of alkyl halides is 2. The van der Waals surface area contributed by atoms with E-state index in [1.54, 1.807) is 6.92 Å². The average Bonchev–Trinajstić information content (AvgIpc) is 2.35. The molecule has 7 heteroatoms. The third-order valence-electron chi connectivity index (χ3n) is 2.36. The first-order chi connectivity index (χ1) is 8.95. The van der Waals surface area contributed by atoms with Crippen molar-refractivity contribution in [2.75, 3.05) is 0 Å². The van der Waals surface area contributed by atoms with Gasteiger partial charge in [0.15, 0.2) is 0 Å². The number of nitrogens with one attached hydrogen (secondary N) is 1. The Morgan fingerprint density at radius 3 is 2.53 bits per heavy atom.